The maximum Gasteiger partial charge on any atom is 0.329 e. The van der Waals surface area contributed by atoms with E-state index in [0.29, 0.717) is 6.07 Å². The predicted molar refractivity (Wildman–Crippen MR) is 72.3 cm³/mol. The number of nitrogens with zero attached hydrogens (tertiary/aromatic N) is 1. The standard InChI is InChI=1S/C14H18F2N2O3/c1-14(2,13(20)21)18(12(19)5-6-17)8-9-3-4-10(15)7-11(9)16/h3-4,7H,5-6,8,17H2,1-2H3,(H,20,21). The van der Waals surface area contributed by atoms with Crippen molar-refractivity contribution in [2.75, 3.05) is 6.54 Å². The van der Waals surface area contributed by atoms with Crippen molar-refractivity contribution in [3.8, 4) is 0 Å². The smallest absolute Gasteiger partial charge is 0.329 e. The first-order valence-electron chi connectivity index (χ1n) is 6.38. The second-order valence-electron chi connectivity index (χ2n) is 5.12. The van der Waals surface area contributed by atoms with Gasteiger partial charge in [-0.15, -0.1) is 0 Å². The summed E-state index contributed by atoms with van der Waals surface area (Å²) in [5.41, 5.74) is 3.81. The number of aliphatic carboxylic acids is 1. The average Bonchev–Trinajstić information content (AvgIpc) is 2.37. The Labute approximate surface area is 121 Å². The van der Waals surface area contributed by atoms with Crippen molar-refractivity contribution in [1.29, 1.82) is 0 Å². The van der Waals surface area contributed by atoms with E-state index in [1.165, 1.54) is 19.9 Å². The van der Waals surface area contributed by atoms with E-state index >= 15 is 0 Å². The SMILES string of the molecule is CC(C)(C(=O)O)N(Cc1ccc(F)cc1F)C(=O)CCN. The number of benzene rings is 1. The molecule has 21 heavy (non-hydrogen) atoms. The molecule has 3 N–H and O–H groups in total. The summed E-state index contributed by atoms with van der Waals surface area (Å²) < 4.78 is 26.6. The van der Waals surface area contributed by atoms with Crippen molar-refractivity contribution < 1.29 is 23.5 Å². The van der Waals surface area contributed by atoms with Crippen LogP contribution in [0.1, 0.15) is 25.8 Å². The first-order valence-corrected chi connectivity index (χ1v) is 6.38. The zero-order chi connectivity index (χ0) is 16.2. The van der Waals surface area contributed by atoms with Gasteiger partial charge in [0.15, 0.2) is 0 Å². The molecular formula is C14H18F2N2O3. The predicted octanol–water partition coefficient (Wildman–Crippen LogP) is 1.51. The molecule has 0 bridgehead atoms. The normalized spacial score (nSPS) is 11.3. The molecule has 0 heterocycles. The van der Waals surface area contributed by atoms with Gasteiger partial charge in [0.2, 0.25) is 5.91 Å². The summed E-state index contributed by atoms with van der Waals surface area (Å²) in [6, 6.07) is 2.93. The second-order valence-corrected chi connectivity index (χ2v) is 5.12. The van der Waals surface area contributed by atoms with Gasteiger partial charge in [-0.05, 0) is 19.9 Å². The number of hydrogen-bond acceptors (Lipinski definition) is 3. The number of carbonyl (C=O) groups excluding carboxylic acids is 1. The van der Waals surface area contributed by atoms with Gasteiger partial charge in [-0.25, -0.2) is 13.6 Å². The van der Waals surface area contributed by atoms with Gasteiger partial charge in [-0.1, -0.05) is 6.07 Å². The molecule has 0 atom stereocenters. The van der Waals surface area contributed by atoms with Gasteiger partial charge in [-0.3, -0.25) is 4.79 Å². The molecule has 0 fully saturated rings. The Bertz CT molecular complexity index is 547. The van der Waals surface area contributed by atoms with Crippen molar-refractivity contribution >= 4 is 11.9 Å². The van der Waals surface area contributed by atoms with Crippen LogP contribution in [0.25, 0.3) is 0 Å². The van der Waals surface area contributed by atoms with Crippen molar-refractivity contribution in [2.45, 2.75) is 32.4 Å². The van der Waals surface area contributed by atoms with E-state index < -0.39 is 29.0 Å². The fourth-order valence-corrected chi connectivity index (χ4v) is 1.79. The molecular weight excluding hydrogens is 282 g/mol. The number of amides is 1. The van der Waals surface area contributed by atoms with E-state index in [-0.39, 0.29) is 25.1 Å². The van der Waals surface area contributed by atoms with Gasteiger partial charge in [0.05, 0.1) is 0 Å². The lowest BCUT2D eigenvalue weighted by Crippen LogP contribution is -2.53. The summed E-state index contributed by atoms with van der Waals surface area (Å²) in [6.07, 6.45) is -0.0560. The fourth-order valence-electron chi connectivity index (χ4n) is 1.79. The average molecular weight is 300 g/mol. The number of nitrogens with two attached hydrogens (primary N) is 1. The van der Waals surface area contributed by atoms with Crippen LogP contribution in [0.15, 0.2) is 18.2 Å². The van der Waals surface area contributed by atoms with Crippen LogP contribution in [0.2, 0.25) is 0 Å². The van der Waals surface area contributed by atoms with Gasteiger partial charge in [0.25, 0.3) is 0 Å². The summed E-state index contributed by atoms with van der Waals surface area (Å²) in [5.74, 6) is -3.31. The van der Waals surface area contributed by atoms with Crippen LogP contribution in [0.4, 0.5) is 8.78 Å². The maximum atomic E-state index is 13.7. The summed E-state index contributed by atoms with van der Waals surface area (Å²) >= 11 is 0. The van der Waals surface area contributed by atoms with Gasteiger partial charge < -0.3 is 15.7 Å². The van der Waals surface area contributed by atoms with Crippen molar-refractivity contribution in [3.63, 3.8) is 0 Å². The minimum Gasteiger partial charge on any atom is -0.480 e. The molecule has 5 nitrogen and oxygen atoms in total. The Balaban J connectivity index is 3.13. The molecule has 0 radical (unpaired) electrons. The van der Waals surface area contributed by atoms with Gasteiger partial charge in [0.1, 0.15) is 17.2 Å². The molecule has 1 amide bonds. The summed E-state index contributed by atoms with van der Waals surface area (Å²) in [4.78, 5) is 24.4. The molecule has 0 spiro atoms. The molecule has 1 rings (SSSR count). The van der Waals surface area contributed by atoms with Crippen LogP contribution in [-0.4, -0.2) is 34.0 Å². The number of rotatable bonds is 6. The van der Waals surface area contributed by atoms with Crippen LogP contribution in [0.5, 0.6) is 0 Å². The lowest BCUT2D eigenvalue weighted by molar-refractivity contribution is -0.157. The Hall–Kier alpha value is -2.02. The largest absolute Gasteiger partial charge is 0.480 e. The molecule has 0 aliphatic rings. The zero-order valence-electron chi connectivity index (χ0n) is 11.9. The molecule has 0 aliphatic carbocycles. The highest BCUT2D eigenvalue weighted by Crippen LogP contribution is 2.21. The highest BCUT2D eigenvalue weighted by Gasteiger charge is 2.37. The van der Waals surface area contributed by atoms with Crippen molar-refractivity contribution in [1.82, 2.24) is 4.90 Å². The monoisotopic (exact) mass is 300 g/mol. The van der Waals surface area contributed by atoms with Crippen LogP contribution < -0.4 is 5.73 Å². The molecule has 0 unspecified atom stereocenters. The number of hydrogen-bond donors (Lipinski definition) is 2. The van der Waals surface area contributed by atoms with E-state index in [1.54, 1.807) is 0 Å². The molecule has 0 aromatic heterocycles. The van der Waals surface area contributed by atoms with Crippen molar-refractivity contribution in [2.24, 2.45) is 5.73 Å². The van der Waals surface area contributed by atoms with E-state index in [0.717, 1.165) is 11.0 Å². The highest BCUT2D eigenvalue weighted by atomic mass is 19.1. The molecule has 0 saturated heterocycles. The van der Waals surface area contributed by atoms with Crippen molar-refractivity contribution in [3.05, 3.63) is 35.4 Å². The fraction of sp³-hybridized carbons (Fsp3) is 0.429. The van der Waals surface area contributed by atoms with E-state index in [9.17, 15) is 23.5 Å². The first kappa shape index (κ1) is 17.0. The molecule has 7 heteroatoms. The van der Waals surface area contributed by atoms with Crippen LogP contribution >= 0.6 is 0 Å². The van der Waals surface area contributed by atoms with E-state index in [4.69, 9.17) is 5.73 Å². The third-order valence-corrected chi connectivity index (χ3v) is 3.20. The van der Waals surface area contributed by atoms with Crippen LogP contribution in [0, 0.1) is 11.6 Å². The Morgan fingerprint density at radius 1 is 1.33 bits per heavy atom. The topological polar surface area (TPSA) is 83.6 Å². The summed E-state index contributed by atoms with van der Waals surface area (Å²) in [6.45, 7) is 2.46. The second kappa shape index (κ2) is 6.62. The molecule has 0 saturated carbocycles. The quantitative estimate of drug-likeness (QED) is 0.834. The summed E-state index contributed by atoms with van der Waals surface area (Å²) in [5, 5.41) is 9.24. The first-order chi connectivity index (χ1) is 9.70. The molecule has 1 aromatic carbocycles. The molecule has 1 aromatic rings. The highest BCUT2D eigenvalue weighted by molar-refractivity contribution is 5.86. The molecule has 0 aliphatic heterocycles. The lowest BCUT2D eigenvalue weighted by Gasteiger charge is -2.35. The minimum absolute atomic E-state index is 0.0381. The lowest BCUT2D eigenvalue weighted by atomic mass is 10.0. The van der Waals surface area contributed by atoms with Gasteiger partial charge >= 0.3 is 5.97 Å². The third-order valence-electron chi connectivity index (χ3n) is 3.20. The van der Waals surface area contributed by atoms with Gasteiger partial charge in [0, 0.05) is 31.1 Å². The zero-order valence-corrected chi connectivity index (χ0v) is 11.9. The van der Waals surface area contributed by atoms with Gasteiger partial charge in [-0.2, -0.15) is 0 Å². The third kappa shape index (κ3) is 3.98. The summed E-state index contributed by atoms with van der Waals surface area (Å²) in [7, 11) is 0. The number of carboxylic acids is 1. The Morgan fingerprint density at radius 3 is 2.43 bits per heavy atom. The van der Waals surface area contributed by atoms with E-state index in [2.05, 4.69) is 0 Å². The number of halogens is 2. The number of carboxylic acid groups (broad SMARTS) is 1. The number of carbonyl (C=O) groups is 2. The minimum atomic E-state index is -1.53. The van der Waals surface area contributed by atoms with Crippen LogP contribution in [0.3, 0.4) is 0 Å². The maximum absolute atomic E-state index is 13.7. The molecule has 116 valence electrons. The Kier molecular flexibility index (Phi) is 5.37. The van der Waals surface area contributed by atoms with Crippen LogP contribution in [-0.2, 0) is 16.1 Å². The van der Waals surface area contributed by atoms with E-state index in [1.807, 2.05) is 0 Å². The Morgan fingerprint density at radius 2 is 1.95 bits per heavy atom.